The SMILES string of the molecule is C=CCc1cc(/C=C(\C#N)C(=O)Nc2cccc(C)c2)cc(OC)c1OCc1ccc(C)cc1. The van der Waals surface area contributed by atoms with Crippen molar-refractivity contribution in [2.75, 3.05) is 12.4 Å². The summed E-state index contributed by atoms with van der Waals surface area (Å²) < 4.78 is 11.7. The van der Waals surface area contributed by atoms with Crippen molar-refractivity contribution in [1.82, 2.24) is 0 Å². The highest BCUT2D eigenvalue weighted by atomic mass is 16.5. The standard InChI is InChI=1S/C29H28N2O3/c1-5-7-24-15-23(16-25(18-30)29(32)31-26-9-6-8-21(3)14-26)17-27(33-4)28(24)34-19-22-12-10-20(2)11-13-22/h5-6,8-17H,1,7,19H2,2-4H3,(H,31,32)/b25-16+. The number of allylic oxidation sites excluding steroid dienone is 1. The van der Waals surface area contributed by atoms with E-state index in [1.807, 2.05) is 68.4 Å². The van der Waals surface area contributed by atoms with Crippen LogP contribution in [0.25, 0.3) is 6.08 Å². The van der Waals surface area contributed by atoms with Crippen molar-refractivity contribution < 1.29 is 14.3 Å². The summed E-state index contributed by atoms with van der Waals surface area (Å²) in [4.78, 5) is 12.7. The highest BCUT2D eigenvalue weighted by molar-refractivity contribution is 6.09. The van der Waals surface area contributed by atoms with Crippen molar-refractivity contribution in [3.05, 3.63) is 107 Å². The lowest BCUT2D eigenvalue weighted by molar-refractivity contribution is -0.112. The summed E-state index contributed by atoms with van der Waals surface area (Å²) in [6.07, 6.45) is 3.86. The van der Waals surface area contributed by atoms with E-state index in [9.17, 15) is 10.1 Å². The van der Waals surface area contributed by atoms with Crippen LogP contribution in [0.2, 0.25) is 0 Å². The number of rotatable bonds is 9. The molecular formula is C29H28N2O3. The van der Waals surface area contributed by atoms with Gasteiger partial charge in [0.05, 0.1) is 7.11 Å². The lowest BCUT2D eigenvalue weighted by Crippen LogP contribution is -2.13. The van der Waals surface area contributed by atoms with E-state index in [1.54, 1.807) is 31.4 Å². The van der Waals surface area contributed by atoms with E-state index in [4.69, 9.17) is 9.47 Å². The van der Waals surface area contributed by atoms with Gasteiger partial charge in [-0.2, -0.15) is 5.26 Å². The van der Waals surface area contributed by atoms with E-state index in [-0.39, 0.29) is 5.57 Å². The Morgan fingerprint density at radius 3 is 2.50 bits per heavy atom. The fraction of sp³-hybridized carbons (Fsp3) is 0.172. The molecule has 0 aliphatic carbocycles. The van der Waals surface area contributed by atoms with Gasteiger partial charge >= 0.3 is 0 Å². The first-order valence-electron chi connectivity index (χ1n) is 10.9. The molecule has 5 heteroatoms. The number of benzene rings is 3. The monoisotopic (exact) mass is 452 g/mol. The van der Waals surface area contributed by atoms with Gasteiger partial charge in [-0.1, -0.05) is 48.0 Å². The molecule has 0 aliphatic rings. The fourth-order valence-corrected chi connectivity index (χ4v) is 3.47. The Labute approximate surface area is 201 Å². The second-order valence-electron chi connectivity index (χ2n) is 7.97. The van der Waals surface area contributed by atoms with Gasteiger partial charge in [0, 0.05) is 11.3 Å². The van der Waals surface area contributed by atoms with Crippen LogP contribution in [0.1, 0.15) is 27.8 Å². The van der Waals surface area contributed by atoms with Crippen molar-refractivity contribution in [3.63, 3.8) is 0 Å². The molecule has 1 amide bonds. The number of ether oxygens (including phenoxy) is 2. The fourth-order valence-electron chi connectivity index (χ4n) is 3.47. The maximum atomic E-state index is 12.7. The molecule has 0 aromatic heterocycles. The third-order valence-electron chi connectivity index (χ3n) is 5.19. The molecule has 0 heterocycles. The molecular weight excluding hydrogens is 424 g/mol. The first-order chi connectivity index (χ1) is 16.4. The number of methoxy groups -OCH3 is 1. The van der Waals surface area contributed by atoms with Gasteiger partial charge in [0.2, 0.25) is 0 Å². The summed E-state index contributed by atoms with van der Waals surface area (Å²) in [6.45, 7) is 8.21. The van der Waals surface area contributed by atoms with Gasteiger partial charge in [0.25, 0.3) is 5.91 Å². The molecule has 172 valence electrons. The van der Waals surface area contributed by atoms with Crippen LogP contribution >= 0.6 is 0 Å². The van der Waals surface area contributed by atoms with Gasteiger partial charge in [-0.05, 0) is 67.3 Å². The Hall–Kier alpha value is -4.30. The van der Waals surface area contributed by atoms with E-state index in [2.05, 4.69) is 11.9 Å². The van der Waals surface area contributed by atoms with Gasteiger partial charge in [0.1, 0.15) is 18.2 Å². The molecule has 0 aliphatic heterocycles. The summed E-state index contributed by atoms with van der Waals surface area (Å²) >= 11 is 0. The van der Waals surface area contributed by atoms with E-state index < -0.39 is 5.91 Å². The molecule has 0 spiro atoms. The molecule has 5 nitrogen and oxygen atoms in total. The number of carbonyl (C=O) groups excluding carboxylic acids is 1. The molecule has 0 fully saturated rings. The average Bonchev–Trinajstić information content (AvgIpc) is 2.82. The summed E-state index contributed by atoms with van der Waals surface area (Å²) in [5.74, 6) is 0.661. The zero-order valence-electron chi connectivity index (χ0n) is 19.7. The maximum absolute atomic E-state index is 12.7. The lowest BCUT2D eigenvalue weighted by atomic mass is 10.0. The zero-order chi connectivity index (χ0) is 24.5. The van der Waals surface area contributed by atoms with Gasteiger partial charge in [-0.15, -0.1) is 6.58 Å². The van der Waals surface area contributed by atoms with Crippen LogP contribution in [0.5, 0.6) is 11.5 Å². The summed E-state index contributed by atoms with van der Waals surface area (Å²) in [5, 5.41) is 12.4. The molecule has 34 heavy (non-hydrogen) atoms. The minimum absolute atomic E-state index is 0.0126. The van der Waals surface area contributed by atoms with Gasteiger partial charge in [-0.3, -0.25) is 4.79 Å². The lowest BCUT2D eigenvalue weighted by Gasteiger charge is -2.16. The zero-order valence-corrected chi connectivity index (χ0v) is 19.7. The summed E-state index contributed by atoms with van der Waals surface area (Å²) in [7, 11) is 1.56. The topological polar surface area (TPSA) is 71.4 Å². The molecule has 0 radical (unpaired) electrons. The summed E-state index contributed by atoms with van der Waals surface area (Å²) in [5.41, 5.74) is 5.37. The van der Waals surface area contributed by atoms with Crippen molar-refractivity contribution >= 4 is 17.7 Å². The number of nitriles is 1. The number of nitrogens with one attached hydrogen (secondary N) is 1. The Bertz CT molecular complexity index is 1250. The van der Waals surface area contributed by atoms with Crippen molar-refractivity contribution in [3.8, 4) is 17.6 Å². The van der Waals surface area contributed by atoms with Crippen molar-refractivity contribution in [2.45, 2.75) is 26.9 Å². The highest BCUT2D eigenvalue weighted by Gasteiger charge is 2.15. The van der Waals surface area contributed by atoms with Crippen LogP contribution in [0, 0.1) is 25.2 Å². The van der Waals surface area contributed by atoms with Gasteiger partial charge < -0.3 is 14.8 Å². The molecule has 0 atom stereocenters. The minimum atomic E-state index is -0.475. The van der Waals surface area contributed by atoms with Crippen LogP contribution in [-0.4, -0.2) is 13.0 Å². The Morgan fingerprint density at radius 1 is 1.09 bits per heavy atom. The second-order valence-corrected chi connectivity index (χ2v) is 7.97. The second kappa shape index (κ2) is 11.5. The smallest absolute Gasteiger partial charge is 0.266 e. The normalized spacial score (nSPS) is 10.8. The van der Waals surface area contributed by atoms with Crippen LogP contribution < -0.4 is 14.8 Å². The number of carbonyl (C=O) groups is 1. The third kappa shape index (κ3) is 6.36. The van der Waals surface area contributed by atoms with E-state index in [0.29, 0.717) is 35.8 Å². The molecule has 3 rings (SSSR count). The van der Waals surface area contributed by atoms with Crippen molar-refractivity contribution in [1.29, 1.82) is 5.26 Å². The van der Waals surface area contributed by atoms with Crippen LogP contribution in [0.4, 0.5) is 5.69 Å². The number of nitrogens with zero attached hydrogens (tertiary/aromatic N) is 1. The van der Waals surface area contributed by atoms with E-state index in [0.717, 1.165) is 16.7 Å². The van der Waals surface area contributed by atoms with Gasteiger partial charge in [-0.25, -0.2) is 0 Å². The molecule has 0 unspecified atom stereocenters. The first-order valence-corrected chi connectivity index (χ1v) is 10.9. The van der Waals surface area contributed by atoms with Crippen LogP contribution in [0.3, 0.4) is 0 Å². The highest BCUT2D eigenvalue weighted by Crippen LogP contribution is 2.35. The summed E-state index contributed by atoms with van der Waals surface area (Å²) in [6, 6.07) is 21.2. The van der Waals surface area contributed by atoms with Crippen molar-refractivity contribution in [2.24, 2.45) is 0 Å². The number of anilines is 1. The quantitative estimate of drug-likeness (QED) is 0.240. The molecule has 0 saturated heterocycles. The van der Waals surface area contributed by atoms with Gasteiger partial charge in [0.15, 0.2) is 11.5 Å². The number of aryl methyl sites for hydroxylation is 2. The van der Waals surface area contributed by atoms with E-state index in [1.165, 1.54) is 5.56 Å². The molecule has 3 aromatic carbocycles. The first kappa shape index (κ1) is 24.3. The van der Waals surface area contributed by atoms with E-state index >= 15 is 0 Å². The Morgan fingerprint density at radius 2 is 1.85 bits per heavy atom. The minimum Gasteiger partial charge on any atom is -0.493 e. The Balaban J connectivity index is 1.89. The molecule has 3 aromatic rings. The predicted octanol–water partition coefficient (Wildman–Crippen LogP) is 6.17. The largest absolute Gasteiger partial charge is 0.493 e. The number of amides is 1. The molecule has 0 saturated carbocycles. The average molecular weight is 453 g/mol. The predicted molar refractivity (Wildman–Crippen MR) is 136 cm³/mol. The third-order valence-corrected chi connectivity index (χ3v) is 5.19. The molecule has 0 bridgehead atoms. The maximum Gasteiger partial charge on any atom is 0.266 e. The number of hydrogen-bond acceptors (Lipinski definition) is 4. The van der Waals surface area contributed by atoms with Crippen LogP contribution in [-0.2, 0) is 17.8 Å². The number of hydrogen-bond donors (Lipinski definition) is 1. The Kier molecular flexibility index (Phi) is 8.26. The molecule has 1 N–H and O–H groups in total. The van der Waals surface area contributed by atoms with Crippen LogP contribution in [0.15, 0.2) is 78.9 Å².